The van der Waals surface area contributed by atoms with Gasteiger partial charge in [0.25, 0.3) is 9.04 Å². The van der Waals surface area contributed by atoms with Crippen molar-refractivity contribution in [2.24, 2.45) is 0 Å². The van der Waals surface area contributed by atoms with Gasteiger partial charge < -0.3 is 4.43 Å². The lowest BCUT2D eigenvalue weighted by Crippen LogP contribution is -2.22. The zero-order valence-corrected chi connectivity index (χ0v) is 5.31. The predicted molar refractivity (Wildman–Crippen MR) is 31.3 cm³/mol. The molecule has 0 bridgehead atoms. The van der Waals surface area contributed by atoms with E-state index in [-0.39, 0.29) is 9.04 Å². The van der Waals surface area contributed by atoms with E-state index in [0.717, 1.165) is 0 Å². The van der Waals surface area contributed by atoms with Gasteiger partial charge in [-0.25, -0.2) is 0 Å². The molecule has 0 saturated carbocycles. The van der Waals surface area contributed by atoms with Crippen molar-refractivity contribution in [3.8, 4) is 0 Å². The van der Waals surface area contributed by atoms with Crippen molar-refractivity contribution in [1.82, 2.24) is 0 Å². The monoisotopic (exact) mass is 113 g/mol. The first-order valence-corrected chi connectivity index (χ1v) is 4.38. The molecule has 1 aliphatic heterocycles. The van der Waals surface area contributed by atoms with Gasteiger partial charge in [-0.15, -0.1) is 0 Å². The lowest BCUT2D eigenvalue weighted by molar-refractivity contribution is 0.467. The summed E-state index contributed by atoms with van der Waals surface area (Å²) >= 11 is 0. The second-order valence-electron chi connectivity index (χ2n) is 1.68. The van der Waals surface area contributed by atoms with Crippen molar-refractivity contribution in [3.05, 3.63) is 12.8 Å². The highest BCUT2D eigenvalue weighted by atomic mass is 28.3. The Morgan fingerprint density at radius 1 is 1.57 bits per heavy atom. The van der Waals surface area contributed by atoms with Crippen LogP contribution in [0, 0.1) is 0 Å². The zero-order valence-electron chi connectivity index (χ0n) is 4.31. The lowest BCUT2D eigenvalue weighted by atomic mass is 10.5. The minimum absolute atomic E-state index is 0.317. The molecule has 0 aromatic rings. The normalized spacial score (nSPS) is 20.6. The third kappa shape index (κ3) is 1.06. The zero-order chi connectivity index (χ0) is 5.11. The molecule has 0 aliphatic carbocycles. The topological polar surface area (TPSA) is 9.23 Å². The van der Waals surface area contributed by atoms with Crippen LogP contribution in [0.3, 0.4) is 0 Å². The van der Waals surface area contributed by atoms with E-state index in [2.05, 4.69) is 6.58 Å². The Balaban J connectivity index is 2.03. The van der Waals surface area contributed by atoms with Crippen molar-refractivity contribution < 1.29 is 4.43 Å². The molecule has 1 heterocycles. The summed E-state index contributed by atoms with van der Waals surface area (Å²) in [5.41, 5.74) is 0. The average Bonchev–Trinajstić information content (AvgIpc) is 1.55. The fraction of sp³-hybridized carbons (Fsp3) is 0.600. The van der Waals surface area contributed by atoms with Crippen LogP contribution in [0.1, 0.15) is 6.42 Å². The molecule has 39 valence electrons. The van der Waals surface area contributed by atoms with Gasteiger partial charge in [-0.1, -0.05) is 13.0 Å². The molecule has 1 fully saturated rings. The van der Waals surface area contributed by atoms with E-state index in [4.69, 9.17) is 4.43 Å². The van der Waals surface area contributed by atoms with Crippen LogP contribution in [0.5, 0.6) is 0 Å². The van der Waals surface area contributed by atoms with E-state index >= 15 is 0 Å². The third-order valence-corrected chi connectivity index (χ3v) is 3.48. The molecule has 0 unspecified atom stereocenters. The standard InChI is InChI=1S/C5H9OSi/c1-2-6-7-4-3-5-7/h2H,1,3-5H2. The first-order chi connectivity index (χ1) is 3.43. The Hall–Kier alpha value is -0.243. The van der Waals surface area contributed by atoms with Crippen molar-refractivity contribution >= 4 is 9.04 Å². The molecular weight excluding hydrogens is 104 g/mol. The minimum atomic E-state index is -0.317. The Morgan fingerprint density at radius 3 is 2.43 bits per heavy atom. The Labute approximate surface area is 45.7 Å². The highest BCUT2D eigenvalue weighted by molar-refractivity contribution is 6.55. The molecule has 1 radical (unpaired) electrons. The average molecular weight is 113 g/mol. The molecule has 0 amide bonds. The number of rotatable bonds is 2. The summed E-state index contributed by atoms with van der Waals surface area (Å²) in [6.07, 6.45) is 2.95. The first-order valence-electron chi connectivity index (χ1n) is 2.56. The van der Waals surface area contributed by atoms with Gasteiger partial charge in [-0.05, 0) is 12.1 Å². The maximum absolute atomic E-state index is 5.14. The molecule has 0 spiro atoms. The van der Waals surface area contributed by atoms with Gasteiger partial charge in [0, 0.05) is 0 Å². The fourth-order valence-electron chi connectivity index (χ4n) is 0.557. The van der Waals surface area contributed by atoms with Crippen LogP contribution in [-0.2, 0) is 4.43 Å². The van der Waals surface area contributed by atoms with Crippen LogP contribution in [0.2, 0.25) is 12.1 Å². The quantitative estimate of drug-likeness (QED) is 0.390. The number of hydrogen-bond donors (Lipinski definition) is 0. The van der Waals surface area contributed by atoms with Crippen molar-refractivity contribution in [1.29, 1.82) is 0 Å². The second kappa shape index (κ2) is 2.16. The summed E-state index contributed by atoms with van der Waals surface area (Å²) in [5, 5.41) is 0. The van der Waals surface area contributed by atoms with Gasteiger partial charge in [0.05, 0.1) is 6.26 Å². The molecule has 0 atom stereocenters. The predicted octanol–water partition coefficient (Wildman–Crippen LogP) is 1.54. The summed E-state index contributed by atoms with van der Waals surface area (Å²) < 4.78 is 5.14. The van der Waals surface area contributed by atoms with E-state index in [0.29, 0.717) is 0 Å². The van der Waals surface area contributed by atoms with Crippen LogP contribution in [0.25, 0.3) is 0 Å². The fourth-order valence-corrected chi connectivity index (χ4v) is 1.67. The highest BCUT2D eigenvalue weighted by Crippen LogP contribution is 2.20. The summed E-state index contributed by atoms with van der Waals surface area (Å²) in [4.78, 5) is 0. The Morgan fingerprint density at radius 2 is 2.29 bits per heavy atom. The molecule has 1 nitrogen and oxygen atoms in total. The Kier molecular flexibility index (Phi) is 1.52. The van der Waals surface area contributed by atoms with E-state index in [1.54, 1.807) is 6.26 Å². The van der Waals surface area contributed by atoms with Crippen LogP contribution in [-0.4, -0.2) is 9.04 Å². The third-order valence-electron chi connectivity index (χ3n) is 1.16. The molecule has 1 rings (SSSR count). The summed E-state index contributed by atoms with van der Waals surface area (Å²) in [6, 6.07) is 2.66. The van der Waals surface area contributed by atoms with Crippen LogP contribution >= 0.6 is 0 Å². The van der Waals surface area contributed by atoms with Gasteiger partial charge >= 0.3 is 0 Å². The van der Waals surface area contributed by atoms with Gasteiger partial charge in [-0.2, -0.15) is 0 Å². The lowest BCUT2D eigenvalue weighted by Gasteiger charge is -2.20. The van der Waals surface area contributed by atoms with E-state index in [1.807, 2.05) is 0 Å². The van der Waals surface area contributed by atoms with Crippen LogP contribution in [0.4, 0.5) is 0 Å². The van der Waals surface area contributed by atoms with Gasteiger partial charge in [0.15, 0.2) is 0 Å². The minimum Gasteiger partial charge on any atom is -0.548 e. The highest BCUT2D eigenvalue weighted by Gasteiger charge is 2.21. The van der Waals surface area contributed by atoms with Gasteiger partial charge in [0.2, 0.25) is 0 Å². The Bertz CT molecular complexity index is 68.5. The maximum Gasteiger partial charge on any atom is 0.279 e. The second-order valence-corrected chi connectivity index (χ2v) is 3.99. The van der Waals surface area contributed by atoms with Crippen molar-refractivity contribution in [2.45, 2.75) is 18.5 Å². The molecule has 7 heavy (non-hydrogen) atoms. The van der Waals surface area contributed by atoms with Crippen molar-refractivity contribution in [2.75, 3.05) is 0 Å². The molecule has 0 aromatic heterocycles. The summed E-state index contributed by atoms with van der Waals surface area (Å²) in [6.45, 7) is 3.49. The smallest absolute Gasteiger partial charge is 0.279 e. The molecule has 1 aliphatic rings. The maximum atomic E-state index is 5.14. The first kappa shape index (κ1) is 4.90. The molecule has 0 aromatic carbocycles. The molecule has 2 heteroatoms. The van der Waals surface area contributed by atoms with E-state index in [9.17, 15) is 0 Å². The summed E-state index contributed by atoms with van der Waals surface area (Å²) in [5.74, 6) is 0. The van der Waals surface area contributed by atoms with Crippen LogP contribution in [0.15, 0.2) is 12.8 Å². The van der Waals surface area contributed by atoms with Crippen LogP contribution < -0.4 is 0 Å². The largest absolute Gasteiger partial charge is 0.548 e. The molecule has 1 saturated heterocycles. The van der Waals surface area contributed by atoms with Gasteiger partial charge in [0.1, 0.15) is 0 Å². The van der Waals surface area contributed by atoms with E-state index in [1.165, 1.54) is 18.5 Å². The van der Waals surface area contributed by atoms with Crippen molar-refractivity contribution in [3.63, 3.8) is 0 Å². The number of hydrogen-bond acceptors (Lipinski definition) is 1. The SMILES string of the molecule is C=CO[Si]1CCC1. The summed E-state index contributed by atoms with van der Waals surface area (Å²) in [7, 11) is -0.317. The molecule has 0 N–H and O–H groups in total. The van der Waals surface area contributed by atoms with E-state index < -0.39 is 0 Å². The molecular formula is C5H9OSi. The van der Waals surface area contributed by atoms with Gasteiger partial charge in [-0.3, -0.25) is 0 Å².